The van der Waals surface area contributed by atoms with Crippen LogP contribution in [0.3, 0.4) is 0 Å². The van der Waals surface area contributed by atoms with Gasteiger partial charge in [-0.2, -0.15) is 4.98 Å². The highest BCUT2D eigenvalue weighted by atomic mass is 16.6. The van der Waals surface area contributed by atoms with Crippen LogP contribution in [0, 0.1) is 0 Å². The Hall–Kier alpha value is -4.11. The smallest absolute Gasteiger partial charge is 0.408 e. The second kappa shape index (κ2) is 10.1. The van der Waals surface area contributed by atoms with Gasteiger partial charge in [-0.25, -0.2) is 4.79 Å². The Morgan fingerprint density at radius 3 is 2.39 bits per heavy atom. The number of hydrogen-bond acceptors (Lipinski definition) is 7. The predicted octanol–water partition coefficient (Wildman–Crippen LogP) is 5.34. The number of carbonyl (C=O) groups is 1. The standard InChI is InChI=1S/C32H36N4O5/c1-31(2,3)41-30(39)34-32(16-8-17-32)22-13-11-21(12-14-22)26-24(20-9-6-5-7-10-20)25-27(40-26)33-29(35(4)28(25)38)36-18-15-23(37)19-36/h5-7,9-14,23,37H,8,15-19H2,1-4H3,(H,34,39)/t23-/m1/s1. The number of alkyl carbamates (subject to hydrolysis) is 1. The average Bonchev–Trinajstić information content (AvgIpc) is 3.52. The molecule has 1 aliphatic heterocycles. The molecule has 2 aromatic carbocycles. The number of fused-ring (bicyclic) bond motifs is 1. The molecule has 4 aromatic rings. The number of aliphatic hydroxyl groups excluding tert-OH is 1. The summed E-state index contributed by atoms with van der Waals surface area (Å²) in [5.74, 6) is 1.04. The first-order valence-electron chi connectivity index (χ1n) is 14.2. The first kappa shape index (κ1) is 27.1. The van der Waals surface area contributed by atoms with E-state index in [1.165, 1.54) is 4.57 Å². The monoisotopic (exact) mass is 556 g/mol. The number of aromatic nitrogens is 2. The number of rotatable bonds is 5. The molecular formula is C32H36N4O5. The Morgan fingerprint density at radius 1 is 1.10 bits per heavy atom. The van der Waals surface area contributed by atoms with Crippen LogP contribution in [-0.4, -0.2) is 45.5 Å². The lowest BCUT2D eigenvalue weighted by molar-refractivity contribution is 0.0377. The molecule has 0 bridgehead atoms. The quantitative estimate of drug-likeness (QED) is 0.342. The fourth-order valence-electron chi connectivity index (χ4n) is 5.87. The fraction of sp³-hybridized carbons (Fsp3) is 0.406. The number of nitrogens with one attached hydrogen (secondary N) is 1. The minimum atomic E-state index is -0.576. The van der Waals surface area contributed by atoms with Crippen molar-refractivity contribution in [2.45, 2.75) is 63.7 Å². The molecule has 9 heteroatoms. The van der Waals surface area contributed by atoms with Crippen LogP contribution in [0.4, 0.5) is 10.7 Å². The van der Waals surface area contributed by atoms with Crippen LogP contribution in [0.25, 0.3) is 33.6 Å². The molecular weight excluding hydrogens is 520 g/mol. The number of ether oxygens (including phenoxy) is 1. The van der Waals surface area contributed by atoms with E-state index in [1.807, 2.05) is 80.3 Å². The van der Waals surface area contributed by atoms with Gasteiger partial charge in [0, 0.05) is 31.3 Å². The van der Waals surface area contributed by atoms with E-state index in [-0.39, 0.29) is 11.3 Å². The van der Waals surface area contributed by atoms with Crippen molar-refractivity contribution in [3.8, 4) is 22.5 Å². The van der Waals surface area contributed by atoms with Crippen LogP contribution >= 0.6 is 0 Å². The zero-order chi connectivity index (χ0) is 28.9. The van der Waals surface area contributed by atoms with Gasteiger partial charge in [0.15, 0.2) is 0 Å². The van der Waals surface area contributed by atoms with E-state index in [9.17, 15) is 14.7 Å². The molecule has 1 saturated heterocycles. The normalized spacial score (nSPS) is 18.4. The SMILES string of the molecule is Cn1c(N2CC[C@@H](O)C2)nc2oc(-c3ccc(C4(NC(=O)OC(C)(C)C)CCC4)cc3)c(-c3ccccc3)c2c1=O. The molecule has 41 heavy (non-hydrogen) atoms. The first-order chi connectivity index (χ1) is 19.5. The number of benzene rings is 2. The summed E-state index contributed by atoms with van der Waals surface area (Å²) in [6, 6.07) is 17.7. The number of furan rings is 1. The highest BCUT2D eigenvalue weighted by molar-refractivity contribution is 6.00. The third-order valence-electron chi connectivity index (χ3n) is 8.07. The minimum Gasteiger partial charge on any atom is -0.444 e. The van der Waals surface area contributed by atoms with E-state index in [1.54, 1.807) is 7.05 Å². The molecule has 1 atom stereocenters. The minimum absolute atomic E-state index is 0.202. The molecule has 9 nitrogen and oxygen atoms in total. The lowest BCUT2D eigenvalue weighted by Crippen LogP contribution is -2.52. The second-order valence-electron chi connectivity index (χ2n) is 12.2. The van der Waals surface area contributed by atoms with Gasteiger partial charge >= 0.3 is 6.09 Å². The van der Waals surface area contributed by atoms with E-state index in [2.05, 4.69) is 5.32 Å². The lowest BCUT2D eigenvalue weighted by Gasteiger charge is -2.43. The van der Waals surface area contributed by atoms with Crippen LogP contribution in [0.1, 0.15) is 52.0 Å². The maximum atomic E-state index is 13.8. The first-order valence-corrected chi connectivity index (χ1v) is 14.2. The van der Waals surface area contributed by atoms with Gasteiger partial charge in [-0.05, 0) is 57.6 Å². The largest absolute Gasteiger partial charge is 0.444 e. The molecule has 1 saturated carbocycles. The summed E-state index contributed by atoms with van der Waals surface area (Å²) in [5, 5.41) is 13.6. The Labute approximate surface area is 238 Å². The van der Waals surface area contributed by atoms with Gasteiger partial charge in [0.2, 0.25) is 11.7 Å². The van der Waals surface area contributed by atoms with E-state index >= 15 is 0 Å². The molecule has 0 unspecified atom stereocenters. The number of β-amino-alcohol motifs (C(OH)–C–C–N with tert-alkyl or cyclic N) is 1. The maximum absolute atomic E-state index is 13.8. The van der Waals surface area contributed by atoms with E-state index in [0.29, 0.717) is 42.2 Å². The van der Waals surface area contributed by atoms with Gasteiger partial charge in [-0.15, -0.1) is 0 Å². The van der Waals surface area contributed by atoms with Crippen LogP contribution < -0.4 is 15.8 Å². The van der Waals surface area contributed by atoms with Crippen LogP contribution in [0.2, 0.25) is 0 Å². The van der Waals surface area contributed by atoms with Crippen LogP contribution in [0.5, 0.6) is 0 Å². The Morgan fingerprint density at radius 2 is 1.80 bits per heavy atom. The number of hydrogen-bond donors (Lipinski definition) is 2. The molecule has 6 rings (SSSR count). The highest BCUT2D eigenvalue weighted by Gasteiger charge is 2.41. The van der Waals surface area contributed by atoms with Crippen molar-refractivity contribution in [3.05, 3.63) is 70.5 Å². The number of carbonyl (C=O) groups excluding carboxylic acids is 1. The van der Waals surface area contributed by atoms with Gasteiger partial charge in [0.25, 0.3) is 5.56 Å². The number of aliphatic hydroxyl groups is 1. The third kappa shape index (κ3) is 4.99. The van der Waals surface area contributed by atoms with Gasteiger partial charge in [0.05, 0.1) is 11.6 Å². The summed E-state index contributed by atoms with van der Waals surface area (Å²) in [4.78, 5) is 33.1. The molecule has 2 fully saturated rings. The van der Waals surface area contributed by atoms with E-state index < -0.39 is 23.3 Å². The van der Waals surface area contributed by atoms with Crippen molar-refractivity contribution in [2.75, 3.05) is 18.0 Å². The lowest BCUT2D eigenvalue weighted by atomic mass is 9.71. The topological polar surface area (TPSA) is 110 Å². The summed E-state index contributed by atoms with van der Waals surface area (Å²) in [6.45, 7) is 6.60. The van der Waals surface area contributed by atoms with Gasteiger partial charge < -0.3 is 24.5 Å². The van der Waals surface area contributed by atoms with E-state index in [4.69, 9.17) is 14.1 Å². The van der Waals surface area contributed by atoms with Gasteiger partial charge in [0.1, 0.15) is 16.7 Å². The zero-order valence-corrected chi connectivity index (χ0v) is 23.9. The highest BCUT2D eigenvalue weighted by Crippen LogP contribution is 2.44. The molecule has 214 valence electrons. The Balaban J connectivity index is 1.42. The predicted molar refractivity (Wildman–Crippen MR) is 158 cm³/mol. The summed E-state index contributed by atoms with van der Waals surface area (Å²) in [7, 11) is 1.71. The number of nitrogens with zero attached hydrogens (tertiary/aromatic N) is 3. The van der Waals surface area contributed by atoms with Crippen molar-refractivity contribution in [3.63, 3.8) is 0 Å². The van der Waals surface area contributed by atoms with Gasteiger partial charge in [-0.3, -0.25) is 9.36 Å². The molecule has 0 radical (unpaired) electrons. The average molecular weight is 557 g/mol. The summed E-state index contributed by atoms with van der Waals surface area (Å²) in [6.07, 6.45) is 2.44. The number of anilines is 1. The van der Waals surface area contributed by atoms with Crippen molar-refractivity contribution in [1.29, 1.82) is 0 Å². The van der Waals surface area contributed by atoms with Crippen LogP contribution in [-0.2, 0) is 17.3 Å². The Kier molecular flexibility index (Phi) is 6.65. The fourth-order valence-corrected chi connectivity index (χ4v) is 5.87. The van der Waals surface area contributed by atoms with Gasteiger partial charge in [-0.1, -0.05) is 54.6 Å². The van der Waals surface area contributed by atoms with Crippen LogP contribution in [0.15, 0.2) is 63.8 Å². The molecule has 2 aliphatic rings. The maximum Gasteiger partial charge on any atom is 0.408 e. The zero-order valence-electron chi connectivity index (χ0n) is 23.9. The summed E-state index contributed by atoms with van der Waals surface area (Å²) >= 11 is 0. The molecule has 3 heterocycles. The molecule has 1 aliphatic carbocycles. The van der Waals surface area contributed by atoms with Crippen molar-refractivity contribution in [1.82, 2.24) is 14.9 Å². The molecule has 0 spiro atoms. The molecule has 2 aromatic heterocycles. The van der Waals surface area contributed by atoms with Crippen molar-refractivity contribution in [2.24, 2.45) is 7.05 Å². The second-order valence-corrected chi connectivity index (χ2v) is 12.2. The summed E-state index contributed by atoms with van der Waals surface area (Å²) in [5.41, 5.74) is 2.38. The van der Waals surface area contributed by atoms with Crippen molar-refractivity contribution >= 4 is 23.1 Å². The van der Waals surface area contributed by atoms with Crippen molar-refractivity contribution < 1.29 is 19.1 Å². The molecule has 2 N–H and O–H groups in total. The Bertz CT molecular complexity index is 1650. The van der Waals surface area contributed by atoms with E-state index in [0.717, 1.165) is 36.0 Å². The summed E-state index contributed by atoms with van der Waals surface area (Å²) < 4.78 is 13.5. The number of amides is 1. The molecule has 1 amide bonds. The third-order valence-corrected chi connectivity index (χ3v) is 8.07.